The zero-order valence-corrected chi connectivity index (χ0v) is 10.8. The van der Waals surface area contributed by atoms with Crippen LogP contribution in [0.15, 0.2) is 4.52 Å². The van der Waals surface area contributed by atoms with Gasteiger partial charge in [0.2, 0.25) is 5.89 Å². The van der Waals surface area contributed by atoms with Gasteiger partial charge in [-0.25, -0.2) is 0 Å². The molecule has 2 N–H and O–H groups in total. The summed E-state index contributed by atoms with van der Waals surface area (Å²) in [5.41, 5.74) is 5.34. The fourth-order valence-electron chi connectivity index (χ4n) is 2.09. The van der Waals surface area contributed by atoms with Crippen LogP contribution in [-0.4, -0.2) is 43.0 Å². The third-order valence-electron chi connectivity index (χ3n) is 3.07. The van der Waals surface area contributed by atoms with Crippen molar-refractivity contribution in [3.05, 3.63) is 5.89 Å². The Kier molecular flexibility index (Phi) is 5.41. The molecule has 1 aliphatic rings. The van der Waals surface area contributed by atoms with E-state index in [0.717, 1.165) is 19.0 Å². The second-order valence-electron chi connectivity index (χ2n) is 4.54. The Morgan fingerprint density at radius 2 is 1.94 bits per heavy atom. The average molecular weight is 254 g/mol. The van der Waals surface area contributed by atoms with Gasteiger partial charge in [-0.05, 0) is 18.0 Å². The van der Waals surface area contributed by atoms with Crippen molar-refractivity contribution < 1.29 is 9.26 Å². The van der Waals surface area contributed by atoms with Crippen LogP contribution >= 0.6 is 0 Å². The van der Waals surface area contributed by atoms with Crippen LogP contribution in [0.25, 0.3) is 0 Å². The van der Waals surface area contributed by atoms with E-state index in [1.807, 2.05) is 0 Å². The monoisotopic (exact) mass is 254 g/mol. The van der Waals surface area contributed by atoms with Gasteiger partial charge in [0.05, 0.1) is 19.6 Å². The Labute approximate surface area is 107 Å². The van der Waals surface area contributed by atoms with Gasteiger partial charge in [0.15, 0.2) is 0 Å². The minimum absolute atomic E-state index is 0.545. The smallest absolute Gasteiger partial charge is 0.266 e. The summed E-state index contributed by atoms with van der Waals surface area (Å²) in [7, 11) is 0. The molecule has 6 heteroatoms. The lowest BCUT2D eigenvalue weighted by molar-refractivity contribution is 0.138. The van der Waals surface area contributed by atoms with Gasteiger partial charge < -0.3 is 19.9 Å². The van der Waals surface area contributed by atoms with Crippen molar-refractivity contribution in [1.29, 1.82) is 0 Å². The second kappa shape index (κ2) is 7.33. The molecule has 1 aliphatic heterocycles. The number of nitrogens with two attached hydrogens (primary N) is 1. The number of hydrogen-bond acceptors (Lipinski definition) is 6. The number of rotatable bonds is 6. The molecule has 0 unspecified atom stereocenters. The predicted octanol–water partition coefficient (Wildman–Crippen LogP) is 0.968. The molecular weight excluding hydrogens is 232 g/mol. The SMILES string of the molecule is NCCOCCc1nc(N2CCCCCC2)no1. The maximum Gasteiger partial charge on any atom is 0.266 e. The van der Waals surface area contributed by atoms with E-state index >= 15 is 0 Å². The van der Waals surface area contributed by atoms with Gasteiger partial charge in [0.25, 0.3) is 5.95 Å². The van der Waals surface area contributed by atoms with E-state index in [-0.39, 0.29) is 0 Å². The lowest BCUT2D eigenvalue weighted by atomic mass is 10.2. The van der Waals surface area contributed by atoms with Crippen molar-refractivity contribution in [2.24, 2.45) is 5.73 Å². The highest BCUT2D eigenvalue weighted by molar-refractivity contribution is 5.27. The van der Waals surface area contributed by atoms with E-state index in [1.54, 1.807) is 0 Å². The normalized spacial score (nSPS) is 16.8. The van der Waals surface area contributed by atoms with Crippen LogP contribution in [-0.2, 0) is 11.2 Å². The van der Waals surface area contributed by atoms with Crippen molar-refractivity contribution in [2.45, 2.75) is 32.1 Å². The van der Waals surface area contributed by atoms with E-state index in [9.17, 15) is 0 Å². The molecule has 0 spiro atoms. The fourth-order valence-corrected chi connectivity index (χ4v) is 2.09. The van der Waals surface area contributed by atoms with Gasteiger partial charge in [-0.3, -0.25) is 0 Å². The second-order valence-corrected chi connectivity index (χ2v) is 4.54. The van der Waals surface area contributed by atoms with E-state index in [4.69, 9.17) is 15.0 Å². The molecule has 18 heavy (non-hydrogen) atoms. The summed E-state index contributed by atoms with van der Waals surface area (Å²) in [5, 5.41) is 4.04. The molecule has 102 valence electrons. The van der Waals surface area contributed by atoms with Crippen molar-refractivity contribution in [1.82, 2.24) is 10.1 Å². The van der Waals surface area contributed by atoms with Crippen LogP contribution < -0.4 is 10.6 Å². The summed E-state index contributed by atoms with van der Waals surface area (Å²) < 4.78 is 10.5. The van der Waals surface area contributed by atoms with Crippen molar-refractivity contribution in [3.63, 3.8) is 0 Å². The zero-order chi connectivity index (χ0) is 12.6. The number of aromatic nitrogens is 2. The first kappa shape index (κ1) is 13.3. The summed E-state index contributed by atoms with van der Waals surface area (Å²) in [6.07, 6.45) is 5.68. The highest BCUT2D eigenvalue weighted by Crippen LogP contribution is 2.16. The Balaban J connectivity index is 1.81. The molecule has 1 fully saturated rings. The number of hydrogen-bond donors (Lipinski definition) is 1. The van der Waals surface area contributed by atoms with Crippen LogP contribution in [0.5, 0.6) is 0 Å². The van der Waals surface area contributed by atoms with E-state index in [1.165, 1.54) is 25.7 Å². The molecule has 0 aliphatic carbocycles. The number of nitrogens with zero attached hydrogens (tertiary/aromatic N) is 3. The van der Waals surface area contributed by atoms with Crippen molar-refractivity contribution in [3.8, 4) is 0 Å². The molecule has 0 radical (unpaired) electrons. The van der Waals surface area contributed by atoms with E-state index in [2.05, 4.69) is 15.0 Å². The van der Waals surface area contributed by atoms with Crippen LogP contribution in [0, 0.1) is 0 Å². The summed E-state index contributed by atoms with van der Waals surface area (Å²) in [6, 6.07) is 0. The molecule has 0 bridgehead atoms. The highest BCUT2D eigenvalue weighted by Gasteiger charge is 2.15. The molecule has 1 saturated heterocycles. The Hall–Kier alpha value is -1.14. The van der Waals surface area contributed by atoms with Crippen LogP contribution in [0.3, 0.4) is 0 Å². The van der Waals surface area contributed by atoms with Gasteiger partial charge in [-0.1, -0.05) is 12.8 Å². The Bertz CT molecular complexity index is 335. The molecule has 0 atom stereocenters. The summed E-state index contributed by atoms with van der Waals surface area (Å²) in [5.74, 6) is 1.37. The first-order valence-electron chi connectivity index (χ1n) is 6.75. The van der Waals surface area contributed by atoms with E-state index in [0.29, 0.717) is 32.1 Å². The third-order valence-corrected chi connectivity index (χ3v) is 3.07. The quantitative estimate of drug-likeness (QED) is 0.762. The first-order valence-corrected chi connectivity index (χ1v) is 6.75. The molecule has 1 aromatic rings. The van der Waals surface area contributed by atoms with Crippen LogP contribution in [0.2, 0.25) is 0 Å². The molecule has 0 amide bonds. The maximum atomic E-state index is 5.34. The summed E-state index contributed by atoms with van der Waals surface area (Å²) >= 11 is 0. The largest absolute Gasteiger partial charge is 0.380 e. The minimum atomic E-state index is 0.545. The predicted molar refractivity (Wildman–Crippen MR) is 68.6 cm³/mol. The van der Waals surface area contributed by atoms with Gasteiger partial charge >= 0.3 is 0 Å². The Morgan fingerprint density at radius 3 is 2.67 bits per heavy atom. The number of anilines is 1. The molecule has 2 rings (SSSR count). The minimum Gasteiger partial charge on any atom is -0.380 e. The van der Waals surface area contributed by atoms with Gasteiger partial charge in [0.1, 0.15) is 0 Å². The fraction of sp³-hybridized carbons (Fsp3) is 0.833. The van der Waals surface area contributed by atoms with Crippen molar-refractivity contribution in [2.75, 3.05) is 37.7 Å². The van der Waals surface area contributed by atoms with Gasteiger partial charge in [-0.15, -0.1) is 0 Å². The van der Waals surface area contributed by atoms with Crippen LogP contribution in [0.1, 0.15) is 31.6 Å². The topological polar surface area (TPSA) is 77.4 Å². The third kappa shape index (κ3) is 3.96. The maximum absolute atomic E-state index is 5.34. The molecule has 1 aromatic heterocycles. The zero-order valence-electron chi connectivity index (χ0n) is 10.8. The van der Waals surface area contributed by atoms with Gasteiger partial charge in [0, 0.05) is 19.6 Å². The molecule has 6 nitrogen and oxygen atoms in total. The van der Waals surface area contributed by atoms with Crippen LogP contribution in [0.4, 0.5) is 5.95 Å². The molecule has 0 aromatic carbocycles. The first-order chi connectivity index (χ1) is 8.90. The Morgan fingerprint density at radius 1 is 1.17 bits per heavy atom. The van der Waals surface area contributed by atoms with E-state index < -0.39 is 0 Å². The molecular formula is C12H22N4O2. The lowest BCUT2D eigenvalue weighted by Gasteiger charge is -2.16. The summed E-state index contributed by atoms with van der Waals surface area (Å²) in [6.45, 7) is 3.76. The standard InChI is InChI=1S/C12H22N4O2/c13-6-10-17-9-5-11-14-12(15-18-11)16-7-3-1-2-4-8-16/h1-10,13H2. The molecule has 2 heterocycles. The number of ether oxygens (including phenoxy) is 1. The molecule has 0 saturated carbocycles. The average Bonchev–Trinajstić information content (AvgIpc) is 2.69. The van der Waals surface area contributed by atoms with Crippen molar-refractivity contribution >= 4 is 5.95 Å². The lowest BCUT2D eigenvalue weighted by Crippen LogP contribution is -2.25. The highest BCUT2D eigenvalue weighted by atomic mass is 16.5. The van der Waals surface area contributed by atoms with Gasteiger partial charge in [-0.2, -0.15) is 4.98 Å². The summed E-state index contributed by atoms with van der Waals surface area (Å²) in [4.78, 5) is 6.62.